The van der Waals surface area contributed by atoms with E-state index in [0.717, 1.165) is 30.6 Å². The van der Waals surface area contributed by atoms with Crippen LogP contribution in [0.5, 0.6) is 0 Å². The van der Waals surface area contributed by atoms with E-state index in [-0.39, 0.29) is 11.5 Å². The molecule has 0 radical (unpaired) electrons. The Morgan fingerprint density at radius 3 is 2.71 bits per heavy atom. The molecular weight excluding hydrogens is 268 g/mol. The van der Waals surface area contributed by atoms with E-state index in [2.05, 4.69) is 0 Å². The summed E-state index contributed by atoms with van der Waals surface area (Å²) in [5, 5.41) is 0. The third-order valence-electron chi connectivity index (χ3n) is 4.80. The Bertz CT molecular complexity index is 604. The second-order valence-corrected chi connectivity index (χ2v) is 6.26. The predicted molar refractivity (Wildman–Crippen MR) is 79.4 cm³/mol. The number of hydrogen-bond donors (Lipinski definition) is 1. The summed E-state index contributed by atoms with van der Waals surface area (Å²) >= 11 is 0. The second-order valence-electron chi connectivity index (χ2n) is 6.26. The molecule has 1 aromatic heterocycles. The molecule has 0 aromatic carbocycles. The summed E-state index contributed by atoms with van der Waals surface area (Å²) in [6.45, 7) is 3.71. The highest BCUT2D eigenvalue weighted by Gasteiger charge is 2.30. The first-order valence-electron chi connectivity index (χ1n) is 7.74. The number of aryl methyl sites for hydroxylation is 1. The molecule has 1 amide bonds. The molecule has 2 heterocycles. The molecule has 2 aliphatic rings. The van der Waals surface area contributed by atoms with Crippen LogP contribution < -0.4 is 11.4 Å². The van der Waals surface area contributed by atoms with Crippen LogP contribution in [-0.4, -0.2) is 30.4 Å². The van der Waals surface area contributed by atoms with E-state index < -0.39 is 5.63 Å². The van der Waals surface area contributed by atoms with Gasteiger partial charge in [0.1, 0.15) is 11.3 Å². The zero-order valence-corrected chi connectivity index (χ0v) is 12.4. The van der Waals surface area contributed by atoms with Crippen LogP contribution >= 0.6 is 0 Å². The van der Waals surface area contributed by atoms with E-state index in [0.29, 0.717) is 31.5 Å². The van der Waals surface area contributed by atoms with Crippen molar-refractivity contribution in [1.82, 2.24) is 4.90 Å². The molecule has 114 valence electrons. The Balaban J connectivity index is 1.85. The molecule has 5 heteroatoms. The summed E-state index contributed by atoms with van der Waals surface area (Å²) in [6.07, 6.45) is 4.23. The fourth-order valence-electron chi connectivity index (χ4n) is 3.15. The minimum absolute atomic E-state index is 0.191. The number of carbonyl (C=O) groups is 1. The molecule has 1 unspecified atom stereocenters. The molecule has 21 heavy (non-hydrogen) atoms. The molecule has 2 fully saturated rings. The van der Waals surface area contributed by atoms with Gasteiger partial charge in [-0.2, -0.15) is 0 Å². The SMILES string of the molecule is Cc1cc(C2CCC2)oc(=O)c1C(=O)N1CCC(CN)C1. The van der Waals surface area contributed by atoms with E-state index in [4.69, 9.17) is 10.2 Å². The minimum Gasteiger partial charge on any atom is -0.427 e. The lowest BCUT2D eigenvalue weighted by Crippen LogP contribution is -2.34. The topological polar surface area (TPSA) is 76.5 Å². The zero-order chi connectivity index (χ0) is 15.0. The molecule has 1 aliphatic heterocycles. The van der Waals surface area contributed by atoms with Crippen molar-refractivity contribution >= 4 is 5.91 Å². The van der Waals surface area contributed by atoms with Gasteiger partial charge in [0.25, 0.3) is 5.91 Å². The lowest BCUT2D eigenvalue weighted by atomic mass is 9.83. The monoisotopic (exact) mass is 290 g/mol. The first-order chi connectivity index (χ1) is 10.1. The van der Waals surface area contributed by atoms with E-state index in [9.17, 15) is 9.59 Å². The maximum Gasteiger partial charge on any atom is 0.349 e. The summed E-state index contributed by atoms with van der Waals surface area (Å²) in [5.41, 5.74) is 6.08. The van der Waals surface area contributed by atoms with Crippen LogP contribution in [0.3, 0.4) is 0 Å². The number of nitrogens with two attached hydrogens (primary N) is 1. The summed E-state index contributed by atoms with van der Waals surface area (Å²) in [5.74, 6) is 1.23. The Morgan fingerprint density at radius 2 is 2.19 bits per heavy atom. The molecular formula is C16H22N2O3. The first-order valence-corrected chi connectivity index (χ1v) is 7.74. The van der Waals surface area contributed by atoms with E-state index in [1.807, 2.05) is 13.0 Å². The number of likely N-dealkylation sites (tertiary alicyclic amines) is 1. The van der Waals surface area contributed by atoms with Crippen molar-refractivity contribution in [2.45, 2.75) is 38.5 Å². The summed E-state index contributed by atoms with van der Waals surface area (Å²) in [4.78, 5) is 26.5. The minimum atomic E-state index is -0.488. The van der Waals surface area contributed by atoms with Crippen molar-refractivity contribution in [1.29, 1.82) is 0 Å². The third-order valence-corrected chi connectivity index (χ3v) is 4.80. The normalized spacial score (nSPS) is 22.4. The summed E-state index contributed by atoms with van der Waals surface area (Å²) in [7, 11) is 0. The molecule has 2 N–H and O–H groups in total. The van der Waals surface area contributed by atoms with Gasteiger partial charge < -0.3 is 15.1 Å². The molecule has 1 saturated carbocycles. The van der Waals surface area contributed by atoms with Gasteiger partial charge in [0.2, 0.25) is 0 Å². The van der Waals surface area contributed by atoms with Gasteiger partial charge in [-0.25, -0.2) is 4.79 Å². The predicted octanol–water partition coefficient (Wildman–Crippen LogP) is 1.64. The van der Waals surface area contributed by atoms with E-state index in [1.165, 1.54) is 6.42 Å². The van der Waals surface area contributed by atoms with Crippen LogP contribution in [-0.2, 0) is 0 Å². The zero-order valence-electron chi connectivity index (χ0n) is 12.4. The fourth-order valence-corrected chi connectivity index (χ4v) is 3.15. The summed E-state index contributed by atoms with van der Waals surface area (Å²) < 4.78 is 5.40. The molecule has 1 saturated heterocycles. The number of carbonyl (C=O) groups excluding carboxylic acids is 1. The van der Waals surface area contributed by atoms with Crippen molar-refractivity contribution in [2.24, 2.45) is 11.7 Å². The lowest BCUT2D eigenvalue weighted by Gasteiger charge is -2.24. The van der Waals surface area contributed by atoms with Crippen LogP contribution in [0.4, 0.5) is 0 Å². The number of hydrogen-bond acceptors (Lipinski definition) is 4. The number of nitrogens with zero attached hydrogens (tertiary/aromatic N) is 1. The maximum absolute atomic E-state index is 12.5. The van der Waals surface area contributed by atoms with Gasteiger partial charge >= 0.3 is 5.63 Å². The van der Waals surface area contributed by atoms with Crippen LogP contribution in [0, 0.1) is 12.8 Å². The average molecular weight is 290 g/mol. The van der Waals surface area contributed by atoms with Crippen molar-refractivity contribution in [2.75, 3.05) is 19.6 Å². The van der Waals surface area contributed by atoms with Gasteiger partial charge in [-0.05, 0) is 50.3 Å². The Morgan fingerprint density at radius 1 is 1.43 bits per heavy atom. The molecule has 0 spiro atoms. The number of rotatable bonds is 3. The van der Waals surface area contributed by atoms with Gasteiger partial charge in [0.15, 0.2) is 0 Å². The summed E-state index contributed by atoms with van der Waals surface area (Å²) in [6, 6.07) is 1.87. The molecule has 3 rings (SSSR count). The van der Waals surface area contributed by atoms with E-state index >= 15 is 0 Å². The Kier molecular flexibility index (Phi) is 3.85. The average Bonchev–Trinajstić information content (AvgIpc) is 2.84. The van der Waals surface area contributed by atoms with Crippen LogP contribution in [0.2, 0.25) is 0 Å². The Hall–Kier alpha value is -1.62. The highest BCUT2D eigenvalue weighted by atomic mass is 16.4. The molecule has 1 aliphatic carbocycles. The van der Waals surface area contributed by atoms with Crippen molar-refractivity contribution < 1.29 is 9.21 Å². The quantitative estimate of drug-likeness (QED) is 0.918. The molecule has 1 atom stereocenters. The van der Waals surface area contributed by atoms with Gasteiger partial charge in [-0.15, -0.1) is 0 Å². The van der Waals surface area contributed by atoms with Crippen molar-refractivity contribution in [3.63, 3.8) is 0 Å². The molecule has 5 nitrogen and oxygen atoms in total. The van der Waals surface area contributed by atoms with Crippen LogP contribution in [0.25, 0.3) is 0 Å². The lowest BCUT2D eigenvalue weighted by molar-refractivity contribution is 0.0781. The molecule has 0 bridgehead atoms. The van der Waals surface area contributed by atoms with Gasteiger partial charge in [-0.3, -0.25) is 4.79 Å². The third kappa shape index (κ3) is 2.62. The van der Waals surface area contributed by atoms with Gasteiger partial charge in [0.05, 0.1) is 0 Å². The maximum atomic E-state index is 12.5. The fraction of sp³-hybridized carbons (Fsp3) is 0.625. The largest absolute Gasteiger partial charge is 0.427 e. The Labute approximate surface area is 124 Å². The van der Waals surface area contributed by atoms with Crippen molar-refractivity contribution in [3.8, 4) is 0 Å². The van der Waals surface area contributed by atoms with E-state index in [1.54, 1.807) is 4.90 Å². The molecule has 1 aromatic rings. The van der Waals surface area contributed by atoms with Crippen LogP contribution in [0.15, 0.2) is 15.3 Å². The smallest absolute Gasteiger partial charge is 0.349 e. The van der Waals surface area contributed by atoms with Crippen LogP contribution in [0.1, 0.15) is 53.3 Å². The van der Waals surface area contributed by atoms with Gasteiger partial charge in [0, 0.05) is 19.0 Å². The second kappa shape index (κ2) is 5.64. The highest BCUT2D eigenvalue weighted by Crippen LogP contribution is 2.36. The van der Waals surface area contributed by atoms with Gasteiger partial charge in [-0.1, -0.05) is 6.42 Å². The number of amides is 1. The highest BCUT2D eigenvalue weighted by molar-refractivity contribution is 5.95. The standard InChI is InChI=1S/C16H22N2O3/c1-10-7-13(12-3-2-4-12)21-16(20)14(10)15(19)18-6-5-11(8-17)9-18/h7,11-12H,2-6,8-9,17H2,1H3. The first kappa shape index (κ1) is 14.3. The van der Waals surface area contributed by atoms with Crippen molar-refractivity contribution in [3.05, 3.63) is 33.4 Å².